The average molecular weight is 476 g/mol. The van der Waals surface area contributed by atoms with E-state index in [1.165, 1.54) is 15.6 Å². The Bertz CT molecular complexity index is 1040. The first-order chi connectivity index (χ1) is 15.4. The summed E-state index contributed by atoms with van der Waals surface area (Å²) in [5.41, 5.74) is 1.01. The van der Waals surface area contributed by atoms with Crippen LogP contribution in [0.1, 0.15) is 47.3 Å². The number of carbonyl (C=O) groups is 2. The fourth-order valence-corrected chi connectivity index (χ4v) is 6.53. The number of carbonyl (C=O) groups excluding carboxylic acids is 2. The van der Waals surface area contributed by atoms with Crippen molar-refractivity contribution in [3.8, 4) is 0 Å². The number of rotatable bonds is 5. The van der Waals surface area contributed by atoms with Crippen LogP contribution >= 0.6 is 11.3 Å². The second-order valence-electron chi connectivity index (χ2n) is 8.49. The predicted octanol–water partition coefficient (Wildman–Crippen LogP) is 3.02. The molecule has 9 heteroatoms. The second kappa shape index (κ2) is 9.72. The van der Waals surface area contributed by atoms with Crippen molar-refractivity contribution in [2.75, 3.05) is 19.6 Å². The second-order valence-corrected chi connectivity index (χ2v) is 11.4. The Labute approximate surface area is 193 Å². The summed E-state index contributed by atoms with van der Waals surface area (Å²) < 4.78 is 27.3. The van der Waals surface area contributed by atoms with Gasteiger partial charge >= 0.3 is 0 Å². The van der Waals surface area contributed by atoms with Gasteiger partial charge in [0.2, 0.25) is 15.9 Å². The summed E-state index contributed by atoms with van der Waals surface area (Å²) in [7, 11) is -3.53. The normalized spacial score (nSPS) is 20.8. The fourth-order valence-electron chi connectivity index (χ4n) is 4.39. The molecule has 1 aromatic carbocycles. The highest BCUT2D eigenvalue weighted by Crippen LogP contribution is 2.24. The quantitative estimate of drug-likeness (QED) is 0.720. The minimum Gasteiger partial charge on any atom is -0.351 e. The van der Waals surface area contributed by atoms with Crippen LogP contribution in [0.5, 0.6) is 0 Å². The number of aryl methyl sites for hydroxylation is 1. The van der Waals surface area contributed by atoms with Crippen molar-refractivity contribution in [3.63, 3.8) is 0 Å². The van der Waals surface area contributed by atoms with Crippen molar-refractivity contribution in [3.05, 3.63) is 52.2 Å². The molecule has 1 aromatic heterocycles. The molecule has 2 amide bonds. The molecule has 2 fully saturated rings. The standard InChI is InChI=1S/C23H29N3O4S2/c1-17-7-9-19(10-8-17)32(29,30)25-14-11-18(12-15-25)24-22(27)20-5-2-3-13-26(20)23(28)21-6-4-16-31-21/h4,6-10,16,18,20H,2-3,5,11-15H2,1H3,(H,24,27). The van der Waals surface area contributed by atoms with Crippen molar-refractivity contribution in [1.82, 2.24) is 14.5 Å². The summed E-state index contributed by atoms with van der Waals surface area (Å²) in [5.74, 6) is -0.215. The van der Waals surface area contributed by atoms with Gasteiger partial charge in [0.05, 0.1) is 9.77 Å². The van der Waals surface area contributed by atoms with Gasteiger partial charge in [0.25, 0.3) is 5.91 Å². The molecular formula is C23H29N3O4S2. The Morgan fingerprint density at radius 1 is 1.00 bits per heavy atom. The maximum atomic E-state index is 13.0. The lowest BCUT2D eigenvalue weighted by Crippen LogP contribution is -2.55. The summed E-state index contributed by atoms with van der Waals surface area (Å²) in [5, 5.41) is 4.95. The number of hydrogen-bond acceptors (Lipinski definition) is 5. The lowest BCUT2D eigenvalue weighted by molar-refractivity contribution is -0.127. The molecule has 1 atom stereocenters. The highest BCUT2D eigenvalue weighted by Gasteiger charge is 2.35. The van der Waals surface area contributed by atoms with Crippen LogP contribution in [-0.2, 0) is 14.8 Å². The van der Waals surface area contributed by atoms with E-state index in [9.17, 15) is 18.0 Å². The van der Waals surface area contributed by atoms with Crippen LogP contribution in [-0.4, -0.2) is 61.2 Å². The summed E-state index contributed by atoms with van der Waals surface area (Å²) in [6.45, 7) is 3.24. The van der Waals surface area contributed by atoms with Gasteiger partial charge in [0.1, 0.15) is 6.04 Å². The summed E-state index contributed by atoms with van der Waals surface area (Å²) >= 11 is 1.39. The van der Waals surface area contributed by atoms with Crippen LogP contribution in [0.15, 0.2) is 46.7 Å². The molecule has 0 radical (unpaired) electrons. The first kappa shape index (κ1) is 22.9. The number of nitrogens with zero attached hydrogens (tertiary/aromatic N) is 2. The minimum atomic E-state index is -3.53. The monoisotopic (exact) mass is 475 g/mol. The van der Waals surface area contributed by atoms with E-state index < -0.39 is 16.1 Å². The highest BCUT2D eigenvalue weighted by molar-refractivity contribution is 7.89. The van der Waals surface area contributed by atoms with E-state index in [2.05, 4.69) is 5.32 Å². The number of hydrogen-bond donors (Lipinski definition) is 1. The Kier molecular flexibility index (Phi) is 6.97. The van der Waals surface area contributed by atoms with E-state index in [1.807, 2.05) is 18.4 Å². The zero-order valence-corrected chi connectivity index (χ0v) is 19.8. The topological polar surface area (TPSA) is 86.8 Å². The third kappa shape index (κ3) is 4.89. The zero-order chi connectivity index (χ0) is 22.7. The van der Waals surface area contributed by atoms with Crippen LogP contribution in [0.2, 0.25) is 0 Å². The summed E-state index contributed by atoms with van der Waals surface area (Å²) in [4.78, 5) is 28.6. The largest absolute Gasteiger partial charge is 0.351 e. The zero-order valence-electron chi connectivity index (χ0n) is 18.2. The number of piperidine rings is 2. The van der Waals surface area contributed by atoms with Gasteiger partial charge < -0.3 is 10.2 Å². The Morgan fingerprint density at radius 2 is 1.72 bits per heavy atom. The molecule has 0 saturated carbocycles. The van der Waals surface area contributed by atoms with Crippen LogP contribution in [0.25, 0.3) is 0 Å². The van der Waals surface area contributed by atoms with Gasteiger partial charge in [-0.3, -0.25) is 9.59 Å². The predicted molar refractivity (Wildman–Crippen MR) is 124 cm³/mol. The van der Waals surface area contributed by atoms with E-state index in [0.717, 1.165) is 18.4 Å². The van der Waals surface area contributed by atoms with Gasteiger partial charge in [-0.05, 0) is 62.6 Å². The molecule has 1 unspecified atom stereocenters. The van der Waals surface area contributed by atoms with E-state index >= 15 is 0 Å². The molecule has 0 bridgehead atoms. The molecule has 3 heterocycles. The molecule has 0 spiro atoms. The third-order valence-electron chi connectivity index (χ3n) is 6.26. The van der Waals surface area contributed by atoms with Gasteiger partial charge in [-0.25, -0.2) is 8.42 Å². The Morgan fingerprint density at radius 3 is 2.38 bits per heavy atom. The van der Waals surface area contributed by atoms with E-state index in [0.29, 0.717) is 48.7 Å². The number of thiophene rings is 1. The molecule has 32 heavy (non-hydrogen) atoms. The lowest BCUT2D eigenvalue weighted by atomic mass is 9.99. The third-order valence-corrected chi connectivity index (χ3v) is 9.03. The molecular weight excluding hydrogens is 446 g/mol. The van der Waals surface area contributed by atoms with Crippen molar-refractivity contribution in [2.24, 2.45) is 0 Å². The molecule has 2 saturated heterocycles. The smallest absolute Gasteiger partial charge is 0.264 e. The fraction of sp³-hybridized carbons (Fsp3) is 0.478. The number of benzene rings is 1. The first-order valence-electron chi connectivity index (χ1n) is 11.1. The van der Waals surface area contributed by atoms with E-state index in [4.69, 9.17) is 0 Å². The SMILES string of the molecule is Cc1ccc(S(=O)(=O)N2CCC(NC(=O)C3CCCCN3C(=O)c3cccs3)CC2)cc1. The minimum absolute atomic E-state index is 0.0844. The van der Waals surface area contributed by atoms with Gasteiger partial charge in [-0.1, -0.05) is 23.8 Å². The summed E-state index contributed by atoms with van der Waals surface area (Å²) in [6, 6.07) is 9.96. The van der Waals surface area contributed by atoms with Crippen molar-refractivity contribution in [1.29, 1.82) is 0 Å². The molecule has 2 aromatic rings. The van der Waals surface area contributed by atoms with Gasteiger partial charge in [-0.2, -0.15) is 4.31 Å². The lowest BCUT2D eigenvalue weighted by Gasteiger charge is -2.37. The Hall–Kier alpha value is -2.23. The molecule has 2 aliphatic heterocycles. The van der Waals surface area contributed by atoms with Gasteiger partial charge in [-0.15, -0.1) is 11.3 Å². The number of likely N-dealkylation sites (tertiary alicyclic amines) is 1. The molecule has 4 rings (SSSR count). The number of amides is 2. The Balaban J connectivity index is 1.35. The van der Waals surface area contributed by atoms with Gasteiger partial charge in [0.15, 0.2) is 0 Å². The molecule has 0 aliphatic carbocycles. The first-order valence-corrected chi connectivity index (χ1v) is 13.4. The van der Waals surface area contributed by atoms with Crippen molar-refractivity contribution >= 4 is 33.2 Å². The van der Waals surface area contributed by atoms with Crippen molar-refractivity contribution < 1.29 is 18.0 Å². The molecule has 1 N–H and O–H groups in total. The summed E-state index contributed by atoms with van der Waals surface area (Å²) in [6.07, 6.45) is 3.59. The van der Waals surface area contributed by atoms with Crippen LogP contribution < -0.4 is 5.32 Å². The average Bonchev–Trinajstić information content (AvgIpc) is 3.34. The van der Waals surface area contributed by atoms with Crippen LogP contribution in [0, 0.1) is 6.92 Å². The van der Waals surface area contributed by atoms with E-state index in [-0.39, 0.29) is 17.9 Å². The molecule has 7 nitrogen and oxygen atoms in total. The van der Waals surface area contributed by atoms with Gasteiger partial charge in [0, 0.05) is 25.7 Å². The molecule has 2 aliphatic rings. The highest BCUT2D eigenvalue weighted by atomic mass is 32.2. The van der Waals surface area contributed by atoms with Crippen LogP contribution in [0.3, 0.4) is 0 Å². The number of nitrogens with one attached hydrogen (secondary N) is 1. The van der Waals surface area contributed by atoms with E-state index in [1.54, 1.807) is 35.2 Å². The maximum Gasteiger partial charge on any atom is 0.264 e. The number of sulfonamides is 1. The maximum absolute atomic E-state index is 13.0. The van der Waals surface area contributed by atoms with Crippen molar-refractivity contribution in [2.45, 2.75) is 56.0 Å². The van der Waals surface area contributed by atoms with Crippen LogP contribution in [0.4, 0.5) is 0 Å². The molecule has 172 valence electrons.